The molecule has 40 heavy (non-hydrogen) atoms. The highest BCUT2D eigenvalue weighted by atomic mass is 79.9. The summed E-state index contributed by atoms with van der Waals surface area (Å²) in [5, 5.41) is 7.97. The fourth-order valence-corrected chi connectivity index (χ4v) is 4.94. The van der Waals surface area contributed by atoms with Crippen molar-refractivity contribution >= 4 is 72.2 Å². The largest absolute Gasteiger partial charge is 0.493 e. The molecule has 3 aromatic carbocycles. The molecule has 0 unspecified atom stereocenters. The van der Waals surface area contributed by atoms with Crippen molar-refractivity contribution in [3.8, 4) is 11.5 Å². The Labute approximate surface area is 253 Å². The maximum atomic E-state index is 13.4. The lowest BCUT2D eigenvalue weighted by Gasteiger charge is -2.16. The summed E-state index contributed by atoms with van der Waals surface area (Å²) in [4.78, 5) is 30.7. The summed E-state index contributed by atoms with van der Waals surface area (Å²) in [5.41, 5.74) is 2.49. The van der Waals surface area contributed by atoms with Crippen LogP contribution in [0.15, 0.2) is 67.4 Å². The summed E-state index contributed by atoms with van der Waals surface area (Å²) < 4.78 is 13.8. The zero-order chi connectivity index (χ0) is 29.0. The first kappa shape index (κ1) is 29.8. The lowest BCUT2D eigenvalue weighted by molar-refractivity contribution is -0.118. The van der Waals surface area contributed by atoms with E-state index in [0.717, 1.165) is 16.5 Å². The molecule has 1 aromatic heterocycles. The van der Waals surface area contributed by atoms with Gasteiger partial charge in [-0.2, -0.15) is 9.78 Å². The van der Waals surface area contributed by atoms with Crippen molar-refractivity contribution in [2.24, 2.45) is 5.10 Å². The fraction of sp³-hybridized carbons (Fsp3) is 0.241. The average Bonchev–Trinajstić information content (AvgIpc) is 2.94. The summed E-state index contributed by atoms with van der Waals surface area (Å²) in [5.74, 6) is 0.686. The number of carbonyl (C=O) groups is 1. The number of ether oxygens (including phenoxy) is 2. The number of anilines is 1. The van der Waals surface area contributed by atoms with Gasteiger partial charge in [0.15, 0.2) is 18.1 Å². The van der Waals surface area contributed by atoms with Gasteiger partial charge in [-0.25, -0.2) is 4.98 Å². The Bertz CT molecular complexity index is 1670. The van der Waals surface area contributed by atoms with Crippen LogP contribution in [-0.2, 0) is 4.79 Å². The first-order chi connectivity index (χ1) is 19.1. The van der Waals surface area contributed by atoms with Crippen molar-refractivity contribution < 1.29 is 14.3 Å². The molecule has 1 atom stereocenters. The molecule has 0 aliphatic carbocycles. The minimum atomic E-state index is -0.346. The van der Waals surface area contributed by atoms with E-state index in [9.17, 15) is 9.59 Å². The average molecular weight is 691 g/mol. The van der Waals surface area contributed by atoms with Crippen molar-refractivity contribution in [2.45, 2.75) is 33.1 Å². The number of methoxy groups -OCH3 is 1. The smallest absolute Gasteiger partial charge is 0.282 e. The minimum Gasteiger partial charge on any atom is -0.493 e. The van der Waals surface area contributed by atoms with Crippen molar-refractivity contribution in [3.63, 3.8) is 0 Å². The molecule has 1 amide bonds. The van der Waals surface area contributed by atoms with Gasteiger partial charge in [0.05, 0.1) is 24.2 Å². The van der Waals surface area contributed by atoms with Crippen LogP contribution in [0.4, 0.5) is 5.69 Å². The number of aryl methyl sites for hydroxylation is 1. The normalized spacial score (nSPS) is 12.1. The first-order valence-corrected chi connectivity index (χ1v) is 14.4. The molecule has 208 valence electrons. The molecular formula is C29H27Br2ClN4O4. The highest BCUT2D eigenvalue weighted by Crippen LogP contribution is 2.42. The Morgan fingerprint density at radius 1 is 1.23 bits per heavy atom. The van der Waals surface area contributed by atoms with Crippen LogP contribution in [0.3, 0.4) is 0 Å². The summed E-state index contributed by atoms with van der Waals surface area (Å²) in [6.07, 6.45) is 2.28. The maximum absolute atomic E-state index is 13.4. The van der Waals surface area contributed by atoms with Gasteiger partial charge in [0.2, 0.25) is 0 Å². The van der Waals surface area contributed by atoms with Crippen LogP contribution in [0.1, 0.15) is 43.1 Å². The van der Waals surface area contributed by atoms with Crippen LogP contribution >= 0.6 is 43.5 Å². The van der Waals surface area contributed by atoms with Crippen molar-refractivity contribution in [1.82, 2.24) is 9.66 Å². The molecule has 4 rings (SSSR count). The Kier molecular flexibility index (Phi) is 9.65. The summed E-state index contributed by atoms with van der Waals surface area (Å²) in [6, 6.07) is 14.5. The molecule has 4 aromatic rings. The third-order valence-corrected chi connectivity index (χ3v) is 8.28. The number of rotatable bonds is 9. The molecular weight excluding hydrogens is 664 g/mol. The zero-order valence-corrected chi connectivity index (χ0v) is 26.2. The number of carbonyl (C=O) groups excluding carboxylic acids is 1. The summed E-state index contributed by atoms with van der Waals surface area (Å²) >= 11 is 13.6. The molecule has 11 heteroatoms. The van der Waals surface area contributed by atoms with Crippen LogP contribution in [0.25, 0.3) is 10.9 Å². The molecule has 1 N–H and O–H groups in total. The standard InChI is InChI=1S/C29H27Br2ClN4O4/c1-5-16(2)28-35-22-11-10-19(30)13-20(22)29(38)36(28)33-14-18-12-23(39-4)27(26(32)25(18)31)40-15-24(37)34-21-9-7-6-8-17(21)3/h6-14,16H,5,15H2,1-4H3,(H,34,37)/t16-/m1/s1. The van der Waals surface area contributed by atoms with Crippen LogP contribution in [0.5, 0.6) is 11.5 Å². The van der Waals surface area contributed by atoms with Gasteiger partial charge in [-0.05, 0) is 65.2 Å². The third-order valence-electron chi connectivity index (χ3n) is 6.34. The van der Waals surface area contributed by atoms with Crippen LogP contribution in [0, 0.1) is 6.92 Å². The molecule has 0 saturated heterocycles. The van der Waals surface area contributed by atoms with Gasteiger partial charge in [0, 0.05) is 26.1 Å². The maximum Gasteiger partial charge on any atom is 0.282 e. The van der Waals surface area contributed by atoms with E-state index >= 15 is 0 Å². The Balaban J connectivity index is 1.66. The van der Waals surface area contributed by atoms with E-state index in [4.69, 9.17) is 26.1 Å². The van der Waals surface area contributed by atoms with E-state index in [0.29, 0.717) is 38.2 Å². The molecule has 0 radical (unpaired) electrons. The molecule has 0 aliphatic heterocycles. The second-order valence-corrected chi connectivity index (χ2v) is 11.2. The van der Waals surface area contributed by atoms with Crippen LogP contribution in [-0.4, -0.2) is 35.5 Å². The number of nitrogens with one attached hydrogen (secondary N) is 1. The van der Waals surface area contributed by atoms with E-state index in [1.165, 1.54) is 18.0 Å². The number of nitrogens with zero attached hydrogens (tertiary/aromatic N) is 3. The van der Waals surface area contributed by atoms with Crippen molar-refractivity contribution in [2.75, 3.05) is 19.0 Å². The molecule has 8 nitrogen and oxygen atoms in total. The number of para-hydroxylation sites is 1. The Morgan fingerprint density at radius 2 is 1.98 bits per heavy atom. The van der Waals surface area contributed by atoms with Gasteiger partial charge in [-0.15, -0.1) is 0 Å². The Hall–Kier alpha value is -3.21. The van der Waals surface area contributed by atoms with E-state index in [1.807, 2.05) is 57.2 Å². The van der Waals surface area contributed by atoms with Gasteiger partial charge in [0.1, 0.15) is 10.8 Å². The highest BCUT2D eigenvalue weighted by molar-refractivity contribution is 9.10. The predicted octanol–water partition coefficient (Wildman–Crippen LogP) is 7.31. The van der Waals surface area contributed by atoms with Crippen molar-refractivity contribution in [1.29, 1.82) is 0 Å². The topological polar surface area (TPSA) is 94.8 Å². The van der Waals surface area contributed by atoms with Gasteiger partial charge in [-0.3, -0.25) is 9.59 Å². The van der Waals surface area contributed by atoms with Gasteiger partial charge >= 0.3 is 0 Å². The van der Waals surface area contributed by atoms with E-state index in [1.54, 1.807) is 12.1 Å². The molecule has 0 fully saturated rings. The molecule has 0 bridgehead atoms. The quantitative estimate of drug-likeness (QED) is 0.186. The SMILES string of the molecule is CC[C@@H](C)c1nc2ccc(Br)cc2c(=O)n1N=Cc1cc(OC)c(OCC(=O)Nc2ccccc2C)c(Cl)c1Br. The second kappa shape index (κ2) is 13.0. The lowest BCUT2D eigenvalue weighted by Crippen LogP contribution is -2.23. The first-order valence-electron chi connectivity index (χ1n) is 12.4. The molecule has 0 spiro atoms. The van der Waals surface area contributed by atoms with Crippen LogP contribution < -0.4 is 20.3 Å². The second-order valence-electron chi connectivity index (χ2n) is 9.08. The molecule has 1 heterocycles. The monoisotopic (exact) mass is 688 g/mol. The number of benzene rings is 3. The van der Waals surface area contributed by atoms with E-state index in [2.05, 4.69) is 42.3 Å². The number of aromatic nitrogens is 2. The number of hydrogen-bond donors (Lipinski definition) is 1. The van der Waals surface area contributed by atoms with Gasteiger partial charge in [0.25, 0.3) is 11.5 Å². The number of halogens is 3. The van der Waals surface area contributed by atoms with Crippen LogP contribution in [0.2, 0.25) is 5.02 Å². The molecule has 0 saturated carbocycles. The molecule has 0 aliphatic rings. The number of hydrogen-bond acceptors (Lipinski definition) is 6. The fourth-order valence-electron chi connectivity index (χ4n) is 3.92. The number of fused-ring (bicyclic) bond motifs is 1. The summed E-state index contributed by atoms with van der Waals surface area (Å²) in [6.45, 7) is 5.64. The van der Waals surface area contributed by atoms with Gasteiger partial charge < -0.3 is 14.8 Å². The number of amides is 1. The van der Waals surface area contributed by atoms with E-state index in [-0.39, 0.29) is 34.8 Å². The Morgan fingerprint density at radius 3 is 2.67 bits per heavy atom. The summed E-state index contributed by atoms with van der Waals surface area (Å²) in [7, 11) is 1.47. The third kappa shape index (κ3) is 6.40. The lowest BCUT2D eigenvalue weighted by atomic mass is 10.1. The minimum absolute atomic E-state index is 0.0129. The zero-order valence-electron chi connectivity index (χ0n) is 22.3. The van der Waals surface area contributed by atoms with E-state index < -0.39 is 0 Å². The highest BCUT2D eigenvalue weighted by Gasteiger charge is 2.20. The van der Waals surface area contributed by atoms with Gasteiger partial charge in [-0.1, -0.05) is 59.6 Å². The predicted molar refractivity (Wildman–Crippen MR) is 166 cm³/mol. The van der Waals surface area contributed by atoms with Crippen molar-refractivity contribution in [3.05, 3.63) is 89.8 Å².